The molecule has 1 aromatic rings. The van der Waals surface area contributed by atoms with Gasteiger partial charge < -0.3 is 15.4 Å². The smallest absolute Gasteiger partial charge is 0.121 e. The summed E-state index contributed by atoms with van der Waals surface area (Å²) in [5, 5.41) is 0. The number of benzene rings is 1. The Morgan fingerprint density at radius 2 is 2.12 bits per heavy atom. The molecule has 1 aliphatic heterocycles. The summed E-state index contributed by atoms with van der Waals surface area (Å²) >= 11 is 0. The highest BCUT2D eigenvalue weighted by Gasteiger charge is 2.16. The minimum Gasteiger partial charge on any atom is -0.494 e. The summed E-state index contributed by atoms with van der Waals surface area (Å²) in [6.45, 7) is 5.01. The molecule has 0 unspecified atom stereocenters. The SMILES string of the molecule is CCCOc1cccc(N2CCC(N)CC2)c1. The molecule has 3 heteroatoms. The van der Waals surface area contributed by atoms with Gasteiger partial charge in [0, 0.05) is 30.9 Å². The number of anilines is 1. The highest BCUT2D eigenvalue weighted by molar-refractivity contribution is 5.51. The van der Waals surface area contributed by atoms with E-state index in [1.807, 2.05) is 6.07 Å². The van der Waals surface area contributed by atoms with Crippen LogP contribution in [0.25, 0.3) is 0 Å². The molecule has 0 saturated carbocycles. The molecule has 0 spiro atoms. The Kier molecular flexibility index (Phi) is 4.26. The van der Waals surface area contributed by atoms with Crippen molar-refractivity contribution in [2.24, 2.45) is 5.73 Å². The lowest BCUT2D eigenvalue weighted by molar-refractivity contribution is 0.317. The second-order valence-corrected chi connectivity index (χ2v) is 4.67. The molecule has 1 heterocycles. The molecule has 3 nitrogen and oxygen atoms in total. The molecule has 1 aromatic carbocycles. The van der Waals surface area contributed by atoms with Crippen molar-refractivity contribution < 1.29 is 4.74 Å². The zero-order valence-corrected chi connectivity index (χ0v) is 10.6. The summed E-state index contributed by atoms with van der Waals surface area (Å²) in [6.07, 6.45) is 3.21. The van der Waals surface area contributed by atoms with Crippen LogP contribution >= 0.6 is 0 Å². The predicted molar refractivity (Wildman–Crippen MR) is 71.7 cm³/mol. The zero-order chi connectivity index (χ0) is 12.1. The lowest BCUT2D eigenvalue weighted by Gasteiger charge is -2.32. The van der Waals surface area contributed by atoms with Crippen molar-refractivity contribution in [3.05, 3.63) is 24.3 Å². The standard InChI is InChI=1S/C14H22N2O/c1-2-10-17-14-5-3-4-13(11-14)16-8-6-12(15)7-9-16/h3-5,11-12H,2,6-10,15H2,1H3. The molecule has 2 N–H and O–H groups in total. The summed E-state index contributed by atoms with van der Waals surface area (Å²) in [5.41, 5.74) is 7.17. The van der Waals surface area contributed by atoms with Crippen LogP contribution in [0.5, 0.6) is 5.75 Å². The van der Waals surface area contributed by atoms with E-state index >= 15 is 0 Å². The summed E-state index contributed by atoms with van der Waals surface area (Å²) in [4.78, 5) is 2.39. The van der Waals surface area contributed by atoms with E-state index in [1.165, 1.54) is 5.69 Å². The van der Waals surface area contributed by atoms with Crippen molar-refractivity contribution in [1.82, 2.24) is 0 Å². The average Bonchev–Trinajstić information content (AvgIpc) is 2.37. The monoisotopic (exact) mass is 234 g/mol. The van der Waals surface area contributed by atoms with Crippen molar-refractivity contribution in [3.63, 3.8) is 0 Å². The molecule has 0 radical (unpaired) electrons. The Bertz CT molecular complexity index is 346. The van der Waals surface area contributed by atoms with Gasteiger partial charge in [0.15, 0.2) is 0 Å². The molecular weight excluding hydrogens is 212 g/mol. The van der Waals surface area contributed by atoms with Gasteiger partial charge in [-0.1, -0.05) is 13.0 Å². The first kappa shape index (κ1) is 12.2. The molecule has 17 heavy (non-hydrogen) atoms. The van der Waals surface area contributed by atoms with Gasteiger partial charge in [-0.25, -0.2) is 0 Å². The summed E-state index contributed by atoms with van der Waals surface area (Å²) < 4.78 is 5.66. The summed E-state index contributed by atoms with van der Waals surface area (Å²) in [7, 11) is 0. The van der Waals surface area contributed by atoms with E-state index in [-0.39, 0.29) is 0 Å². The van der Waals surface area contributed by atoms with Crippen LogP contribution in [0.1, 0.15) is 26.2 Å². The minimum absolute atomic E-state index is 0.380. The number of ether oxygens (including phenoxy) is 1. The van der Waals surface area contributed by atoms with E-state index in [9.17, 15) is 0 Å². The molecule has 0 aliphatic carbocycles. The fraction of sp³-hybridized carbons (Fsp3) is 0.571. The number of hydrogen-bond donors (Lipinski definition) is 1. The fourth-order valence-corrected chi connectivity index (χ4v) is 2.15. The van der Waals surface area contributed by atoms with Gasteiger partial charge in [0.1, 0.15) is 5.75 Å². The summed E-state index contributed by atoms with van der Waals surface area (Å²) in [5.74, 6) is 0.972. The van der Waals surface area contributed by atoms with Crippen LogP contribution in [0.15, 0.2) is 24.3 Å². The molecule has 2 rings (SSSR count). The van der Waals surface area contributed by atoms with Gasteiger partial charge in [0.2, 0.25) is 0 Å². The Morgan fingerprint density at radius 3 is 2.82 bits per heavy atom. The highest BCUT2D eigenvalue weighted by atomic mass is 16.5. The number of hydrogen-bond acceptors (Lipinski definition) is 3. The van der Waals surface area contributed by atoms with Gasteiger partial charge in [-0.2, -0.15) is 0 Å². The van der Waals surface area contributed by atoms with Crippen LogP contribution in [0.3, 0.4) is 0 Å². The van der Waals surface area contributed by atoms with E-state index in [0.29, 0.717) is 6.04 Å². The Hall–Kier alpha value is -1.22. The van der Waals surface area contributed by atoms with Crippen molar-refractivity contribution >= 4 is 5.69 Å². The molecule has 0 atom stereocenters. The predicted octanol–water partition coefficient (Wildman–Crippen LogP) is 2.40. The van der Waals surface area contributed by atoms with Crippen molar-refractivity contribution in [2.75, 3.05) is 24.6 Å². The van der Waals surface area contributed by atoms with Gasteiger partial charge in [-0.15, -0.1) is 0 Å². The minimum atomic E-state index is 0.380. The quantitative estimate of drug-likeness (QED) is 0.869. The topological polar surface area (TPSA) is 38.5 Å². The second kappa shape index (κ2) is 5.92. The number of piperidine rings is 1. The maximum Gasteiger partial charge on any atom is 0.121 e. The lowest BCUT2D eigenvalue weighted by Crippen LogP contribution is -2.39. The van der Waals surface area contributed by atoms with Crippen molar-refractivity contribution in [3.8, 4) is 5.75 Å². The van der Waals surface area contributed by atoms with Crippen LogP contribution < -0.4 is 15.4 Å². The third-order valence-electron chi connectivity index (χ3n) is 3.20. The van der Waals surface area contributed by atoms with E-state index in [1.54, 1.807) is 0 Å². The molecule has 0 bridgehead atoms. The molecule has 1 saturated heterocycles. The largest absolute Gasteiger partial charge is 0.494 e. The van der Waals surface area contributed by atoms with Crippen molar-refractivity contribution in [1.29, 1.82) is 0 Å². The molecule has 0 amide bonds. The van der Waals surface area contributed by atoms with Gasteiger partial charge in [-0.05, 0) is 31.4 Å². The fourth-order valence-electron chi connectivity index (χ4n) is 2.15. The van der Waals surface area contributed by atoms with Gasteiger partial charge in [0.25, 0.3) is 0 Å². The summed E-state index contributed by atoms with van der Waals surface area (Å²) in [6, 6.07) is 8.75. The average molecular weight is 234 g/mol. The van der Waals surface area contributed by atoms with E-state index < -0.39 is 0 Å². The van der Waals surface area contributed by atoms with E-state index in [2.05, 4.69) is 30.0 Å². The van der Waals surface area contributed by atoms with Crippen LogP contribution in [0.2, 0.25) is 0 Å². The van der Waals surface area contributed by atoms with Gasteiger partial charge in [-0.3, -0.25) is 0 Å². The maximum absolute atomic E-state index is 5.92. The first-order valence-electron chi connectivity index (χ1n) is 6.53. The van der Waals surface area contributed by atoms with Crippen LogP contribution in [0, 0.1) is 0 Å². The van der Waals surface area contributed by atoms with Crippen molar-refractivity contribution in [2.45, 2.75) is 32.2 Å². The van der Waals surface area contributed by atoms with E-state index in [4.69, 9.17) is 10.5 Å². The molecule has 94 valence electrons. The highest BCUT2D eigenvalue weighted by Crippen LogP contribution is 2.24. The zero-order valence-electron chi connectivity index (χ0n) is 10.6. The molecular formula is C14H22N2O. The first-order valence-corrected chi connectivity index (χ1v) is 6.53. The number of nitrogens with two attached hydrogens (primary N) is 1. The second-order valence-electron chi connectivity index (χ2n) is 4.67. The van der Waals surface area contributed by atoms with E-state index in [0.717, 1.165) is 44.7 Å². The third-order valence-corrected chi connectivity index (χ3v) is 3.20. The molecule has 1 aliphatic rings. The Labute approximate surface area is 104 Å². The van der Waals surface area contributed by atoms with Gasteiger partial charge in [0.05, 0.1) is 6.61 Å². The molecule has 0 aromatic heterocycles. The normalized spacial score (nSPS) is 17.2. The van der Waals surface area contributed by atoms with Crippen LogP contribution in [0.4, 0.5) is 5.69 Å². The maximum atomic E-state index is 5.92. The van der Waals surface area contributed by atoms with Crippen LogP contribution in [-0.2, 0) is 0 Å². The van der Waals surface area contributed by atoms with Crippen LogP contribution in [-0.4, -0.2) is 25.7 Å². The Morgan fingerprint density at radius 1 is 1.35 bits per heavy atom. The number of nitrogens with zero attached hydrogens (tertiary/aromatic N) is 1. The Balaban J connectivity index is 2.00. The lowest BCUT2D eigenvalue weighted by atomic mass is 10.1. The number of rotatable bonds is 4. The third kappa shape index (κ3) is 3.37. The molecule has 1 fully saturated rings. The first-order chi connectivity index (χ1) is 8.29. The van der Waals surface area contributed by atoms with Gasteiger partial charge >= 0.3 is 0 Å².